The van der Waals surface area contributed by atoms with Gasteiger partial charge < -0.3 is 15.0 Å². The standard InChI is InChI=1S/C19H28N2O3/c1-14(9-10-16-7-5-4-6-8-16)20-19(23)17-11-18(22)21(12-17)15(2)13-24-3/h4-8,14-15,17H,9-13H2,1-3H3,(H,20,23)/t14-,15+,17+/m1/s1. The number of hydrogen-bond acceptors (Lipinski definition) is 3. The van der Waals surface area contributed by atoms with Gasteiger partial charge in [-0.25, -0.2) is 0 Å². The molecular formula is C19H28N2O3. The van der Waals surface area contributed by atoms with Crippen molar-refractivity contribution in [1.82, 2.24) is 10.2 Å². The Morgan fingerprint density at radius 3 is 2.71 bits per heavy atom. The van der Waals surface area contributed by atoms with E-state index in [9.17, 15) is 9.59 Å². The molecule has 1 aromatic carbocycles. The maximum atomic E-state index is 12.4. The molecule has 2 rings (SSSR count). The summed E-state index contributed by atoms with van der Waals surface area (Å²) in [4.78, 5) is 26.3. The van der Waals surface area contributed by atoms with Crippen molar-refractivity contribution in [1.29, 1.82) is 0 Å². The molecule has 1 aliphatic rings. The Hall–Kier alpha value is -1.88. The lowest BCUT2D eigenvalue weighted by Crippen LogP contribution is -2.40. The van der Waals surface area contributed by atoms with E-state index >= 15 is 0 Å². The van der Waals surface area contributed by atoms with Crippen molar-refractivity contribution in [2.75, 3.05) is 20.3 Å². The number of benzene rings is 1. The Morgan fingerprint density at radius 1 is 1.33 bits per heavy atom. The number of methoxy groups -OCH3 is 1. The quantitative estimate of drug-likeness (QED) is 0.792. The molecule has 5 heteroatoms. The molecule has 132 valence electrons. The van der Waals surface area contributed by atoms with Crippen LogP contribution in [-0.4, -0.2) is 49.1 Å². The third-order valence-electron chi connectivity index (χ3n) is 4.57. The second kappa shape index (κ2) is 8.83. The maximum Gasteiger partial charge on any atom is 0.225 e. The fraction of sp³-hybridized carbons (Fsp3) is 0.579. The second-order valence-electron chi connectivity index (χ2n) is 6.69. The van der Waals surface area contributed by atoms with E-state index < -0.39 is 0 Å². The van der Waals surface area contributed by atoms with E-state index in [-0.39, 0.29) is 29.8 Å². The Balaban J connectivity index is 1.78. The predicted octanol–water partition coefficient (Wildman–Crippen LogP) is 2.01. The molecule has 0 aliphatic carbocycles. The normalized spacial score (nSPS) is 20.0. The first-order valence-corrected chi connectivity index (χ1v) is 8.64. The van der Waals surface area contributed by atoms with Crippen LogP contribution in [0.2, 0.25) is 0 Å². The molecule has 0 aromatic heterocycles. The van der Waals surface area contributed by atoms with Gasteiger partial charge in [-0.05, 0) is 32.3 Å². The number of rotatable bonds is 8. The molecule has 0 spiro atoms. The molecule has 0 bridgehead atoms. The lowest BCUT2D eigenvalue weighted by Gasteiger charge is -2.24. The number of ether oxygens (including phenoxy) is 1. The second-order valence-corrected chi connectivity index (χ2v) is 6.69. The molecule has 2 amide bonds. The summed E-state index contributed by atoms with van der Waals surface area (Å²) in [5.41, 5.74) is 1.27. The molecule has 3 atom stereocenters. The minimum absolute atomic E-state index is 0.0100. The highest BCUT2D eigenvalue weighted by Crippen LogP contribution is 2.21. The smallest absolute Gasteiger partial charge is 0.225 e. The third kappa shape index (κ3) is 5.06. The zero-order valence-electron chi connectivity index (χ0n) is 14.8. The minimum Gasteiger partial charge on any atom is -0.383 e. The average molecular weight is 332 g/mol. The van der Waals surface area contributed by atoms with Crippen molar-refractivity contribution in [3.05, 3.63) is 35.9 Å². The number of nitrogens with zero attached hydrogens (tertiary/aromatic N) is 1. The van der Waals surface area contributed by atoms with E-state index in [1.807, 2.05) is 32.0 Å². The van der Waals surface area contributed by atoms with Crippen LogP contribution in [0.15, 0.2) is 30.3 Å². The first-order valence-electron chi connectivity index (χ1n) is 8.64. The van der Waals surface area contributed by atoms with Gasteiger partial charge >= 0.3 is 0 Å². The molecule has 1 saturated heterocycles. The van der Waals surface area contributed by atoms with Gasteiger partial charge in [0.1, 0.15) is 0 Å². The van der Waals surface area contributed by atoms with Crippen molar-refractivity contribution in [2.24, 2.45) is 5.92 Å². The Morgan fingerprint density at radius 2 is 2.04 bits per heavy atom. The predicted molar refractivity (Wildman–Crippen MR) is 93.5 cm³/mol. The molecule has 1 aliphatic heterocycles. The van der Waals surface area contributed by atoms with Gasteiger partial charge in [0.05, 0.1) is 18.6 Å². The van der Waals surface area contributed by atoms with Crippen LogP contribution in [0.5, 0.6) is 0 Å². The number of aryl methyl sites for hydroxylation is 1. The molecule has 5 nitrogen and oxygen atoms in total. The van der Waals surface area contributed by atoms with Gasteiger partial charge in [0.25, 0.3) is 0 Å². The summed E-state index contributed by atoms with van der Waals surface area (Å²) in [6, 6.07) is 10.4. The molecule has 1 N–H and O–H groups in total. The summed E-state index contributed by atoms with van der Waals surface area (Å²) < 4.78 is 5.10. The van der Waals surface area contributed by atoms with Gasteiger partial charge in [-0.1, -0.05) is 30.3 Å². The van der Waals surface area contributed by atoms with Crippen molar-refractivity contribution >= 4 is 11.8 Å². The van der Waals surface area contributed by atoms with E-state index in [1.54, 1.807) is 12.0 Å². The molecule has 24 heavy (non-hydrogen) atoms. The fourth-order valence-electron chi connectivity index (χ4n) is 3.13. The van der Waals surface area contributed by atoms with Crippen LogP contribution in [-0.2, 0) is 20.7 Å². The Bertz CT molecular complexity index is 547. The van der Waals surface area contributed by atoms with Gasteiger partial charge in [0, 0.05) is 26.1 Å². The van der Waals surface area contributed by atoms with Crippen LogP contribution in [0.25, 0.3) is 0 Å². The van der Waals surface area contributed by atoms with Crippen LogP contribution < -0.4 is 5.32 Å². The number of nitrogens with one attached hydrogen (secondary N) is 1. The van der Waals surface area contributed by atoms with Gasteiger partial charge in [-0.2, -0.15) is 0 Å². The minimum atomic E-state index is -0.254. The highest BCUT2D eigenvalue weighted by Gasteiger charge is 2.36. The highest BCUT2D eigenvalue weighted by atomic mass is 16.5. The van der Waals surface area contributed by atoms with Crippen molar-refractivity contribution in [3.63, 3.8) is 0 Å². The Labute approximate surface area is 144 Å². The van der Waals surface area contributed by atoms with Crippen LogP contribution in [0, 0.1) is 5.92 Å². The van der Waals surface area contributed by atoms with Gasteiger partial charge in [0.2, 0.25) is 11.8 Å². The van der Waals surface area contributed by atoms with Gasteiger partial charge in [-0.15, -0.1) is 0 Å². The molecule has 0 saturated carbocycles. The zero-order valence-corrected chi connectivity index (χ0v) is 14.8. The molecular weight excluding hydrogens is 304 g/mol. The van der Waals surface area contributed by atoms with E-state index in [2.05, 4.69) is 17.4 Å². The maximum absolute atomic E-state index is 12.4. The summed E-state index contributed by atoms with van der Waals surface area (Å²) in [6.45, 7) is 4.95. The summed E-state index contributed by atoms with van der Waals surface area (Å²) in [7, 11) is 1.62. The number of carbonyl (C=O) groups excluding carboxylic acids is 2. The van der Waals surface area contributed by atoms with E-state index in [0.29, 0.717) is 19.6 Å². The molecule has 0 radical (unpaired) electrons. The van der Waals surface area contributed by atoms with Crippen LogP contribution in [0.3, 0.4) is 0 Å². The van der Waals surface area contributed by atoms with Crippen LogP contribution >= 0.6 is 0 Å². The average Bonchev–Trinajstić information content (AvgIpc) is 2.96. The number of hydrogen-bond donors (Lipinski definition) is 1. The number of amides is 2. The summed E-state index contributed by atoms with van der Waals surface area (Å²) >= 11 is 0. The Kier molecular flexibility index (Phi) is 6.79. The van der Waals surface area contributed by atoms with Crippen molar-refractivity contribution in [2.45, 2.75) is 45.2 Å². The lowest BCUT2D eigenvalue weighted by atomic mass is 10.0. The lowest BCUT2D eigenvalue weighted by molar-refractivity contribution is -0.130. The summed E-state index contributed by atoms with van der Waals surface area (Å²) in [5, 5.41) is 3.06. The van der Waals surface area contributed by atoms with Crippen LogP contribution in [0.1, 0.15) is 32.3 Å². The summed E-state index contributed by atoms with van der Waals surface area (Å²) in [5.74, 6) is -0.233. The van der Waals surface area contributed by atoms with E-state index in [0.717, 1.165) is 12.8 Å². The zero-order chi connectivity index (χ0) is 17.5. The van der Waals surface area contributed by atoms with Crippen molar-refractivity contribution < 1.29 is 14.3 Å². The molecule has 0 unspecified atom stereocenters. The molecule has 1 fully saturated rings. The van der Waals surface area contributed by atoms with E-state index in [1.165, 1.54) is 5.56 Å². The van der Waals surface area contributed by atoms with E-state index in [4.69, 9.17) is 4.74 Å². The third-order valence-corrected chi connectivity index (χ3v) is 4.57. The topological polar surface area (TPSA) is 58.6 Å². The largest absolute Gasteiger partial charge is 0.383 e. The number of carbonyl (C=O) groups is 2. The van der Waals surface area contributed by atoms with Gasteiger partial charge in [0.15, 0.2) is 0 Å². The monoisotopic (exact) mass is 332 g/mol. The SMILES string of the molecule is COC[C@H](C)N1C[C@@H](C(=O)N[C@H](C)CCc2ccccc2)CC1=O. The number of likely N-dealkylation sites (tertiary alicyclic amines) is 1. The fourth-order valence-corrected chi connectivity index (χ4v) is 3.13. The first-order chi connectivity index (χ1) is 11.5. The molecule has 1 aromatic rings. The molecule has 1 heterocycles. The van der Waals surface area contributed by atoms with Crippen LogP contribution in [0.4, 0.5) is 0 Å². The van der Waals surface area contributed by atoms with Gasteiger partial charge in [-0.3, -0.25) is 9.59 Å². The highest BCUT2D eigenvalue weighted by molar-refractivity contribution is 5.89. The van der Waals surface area contributed by atoms with Crippen molar-refractivity contribution in [3.8, 4) is 0 Å². The first kappa shape index (κ1) is 18.5. The summed E-state index contributed by atoms with van der Waals surface area (Å²) in [6.07, 6.45) is 2.12.